The van der Waals surface area contributed by atoms with Crippen LogP contribution in [-0.2, 0) is 6.42 Å². The molecule has 0 radical (unpaired) electrons. The molecule has 1 aromatic carbocycles. The number of nitrogens with zero attached hydrogens (tertiary/aromatic N) is 1. The molecule has 1 heterocycles. The highest BCUT2D eigenvalue weighted by molar-refractivity contribution is 7.13. The molecule has 0 atom stereocenters. The lowest BCUT2D eigenvalue weighted by Gasteiger charge is -1.99. The summed E-state index contributed by atoms with van der Waals surface area (Å²) in [5.41, 5.74) is 1.63. The molecule has 0 bridgehead atoms. The van der Waals surface area contributed by atoms with Crippen molar-refractivity contribution in [3.05, 3.63) is 51.0 Å². The summed E-state index contributed by atoms with van der Waals surface area (Å²) in [4.78, 5) is 26.1. The van der Waals surface area contributed by atoms with Crippen molar-refractivity contribution in [2.24, 2.45) is 0 Å². The molecule has 2 N–H and O–H groups in total. The van der Waals surface area contributed by atoms with Gasteiger partial charge < -0.3 is 10.2 Å². The second-order valence-corrected chi connectivity index (χ2v) is 5.09. The Morgan fingerprint density at radius 2 is 1.79 bits per heavy atom. The fraction of sp³-hybridized carbons (Fsp3) is 0.154. The van der Waals surface area contributed by atoms with Crippen molar-refractivity contribution in [2.45, 2.75) is 13.3 Å². The molecule has 98 valence electrons. The Labute approximate surface area is 113 Å². The van der Waals surface area contributed by atoms with Crippen LogP contribution in [-0.4, -0.2) is 27.1 Å². The maximum atomic E-state index is 10.9. The predicted molar refractivity (Wildman–Crippen MR) is 70.0 cm³/mol. The molecule has 6 heteroatoms. The van der Waals surface area contributed by atoms with Crippen LogP contribution in [0.4, 0.5) is 0 Å². The van der Waals surface area contributed by atoms with E-state index in [1.807, 2.05) is 0 Å². The van der Waals surface area contributed by atoms with E-state index in [0.717, 1.165) is 16.9 Å². The van der Waals surface area contributed by atoms with Crippen LogP contribution in [0.2, 0.25) is 0 Å². The highest BCUT2D eigenvalue weighted by Crippen LogP contribution is 2.21. The molecular weight excluding hydrogens is 266 g/mol. The van der Waals surface area contributed by atoms with E-state index in [0.29, 0.717) is 17.1 Å². The van der Waals surface area contributed by atoms with Gasteiger partial charge in [-0.15, -0.1) is 11.3 Å². The van der Waals surface area contributed by atoms with E-state index in [4.69, 9.17) is 10.2 Å². The van der Waals surface area contributed by atoms with Crippen molar-refractivity contribution in [3.8, 4) is 0 Å². The van der Waals surface area contributed by atoms with Gasteiger partial charge in [0.05, 0.1) is 16.3 Å². The standard InChI is InChI=1S/C13H11NO4S/c1-7-11(13(17)18)19-10(14-7)6-8-2-4-9(5-3-8)12(15)16/h2-5H,6H2,1H3,(H,15,16)(H,17,18). The Bertz CT molecular complexity index is 631. The Balaban J connectivity index is 2.19. The van der Waals surface area contributed by atoms with Gasteiger partial charge in [0.25, 0.3) is 0 Å². The van der Waals surface area contributed by atoms with E-state index in [9.17, 15) is 9.59 Å². The minimum atomic E-state index is -0.970. The van der Waals surface area contributed by atoms with Crippen LogP contribution in [0.25, 0.3) is 0 Å². The first-order chi connectivity index (χ1) is 8.97. The maximum absolute atomic E-state index is 10.9. The SMILES string of the molecule is Cc1nc(Cc2ccc(C(=O)O)cc2)sc1C(=O)O. The normalized spacial score (nSPS) is 10.4. The molecule has 0 fully saturated rings. The van der Waals surface area contributed by atoms with Crippen LogP contribution >= 0.6 is 11.3 Å². The third kappa shape index (κ3) is 2.97. The van der Waals surface area contributed by atoms with Crippen molar-refractivity contribution in [1.82, 2.24) is 4.98 Å². The third-order valence-electron chi connectivity index (χ3n) is 2.59. The average molecular weight is 277 g/mol. The van der Waals surface area contributed by atoms with Crippen molar-refractivity contribution in [3.63, 3.8) is 0 Å². The molecule has 0 unspecified atom stereocenters. The first kappa shape index (κ1) is 13.2. The molecular formula is C13H11NO4S. The summed E-state index contributed by atoms with van der Waals surface area (Å²) < 4.78 is 0. The lowest BCUT2D eigenvalue weighted by molar-refractivity contribution is 0.0688. The van der Waals surface area contributed by atoms with Crippen molar-refractivity contribution >= 4 is 23.3 Å². The van der Waals surface area contributed by atoms with E-state index < -0.39 is 11.9 Å². The summed E-state index contributed by atoms with van der Waals surface area (Å²) in [5, 5.41) is 18.4. The molecule has 1 aromatic heterocycles. The highest BCUT2D eigenvalue weighted by Gasteiger charge is 2.14. The zero-order chi connectivity index (χ0) is 14.0. The predicted octanol–water partition coefficient (Wildman–Crippen LogP) is 2.44. The van der Waals surface area contributed by atoms with E-state index in [-0.39, 0.29) is 10.4 Å². The number of carboxylic acid groups (broad SMARTS) is 2. The topological polar surface area (TPSA) is 87.5 Å². The summed E-state index contributed by atoms with van der Waals surface area (Å²) in [7, 11) is 0. The molecule has 2 rings (SSSR count). The molecule has 0 saturated carbocycles. The summed E-state index contributed by atoms with van der Waals surface area (Å²) in [6.07, 6.45) is 0.499. The minimum Gasteiger partial charge on any atom is -0.478 e. The highest BCUT2D eigenvalue weighted by atomic mass is 32.1. The lowest BCUT2D eigenvalue weighted by Crippen LogP contribution is -1.96. The van der Waals surface area contributed by atoms with Crippen LogP contribution in [0.15, 0.2) is 24.3 Å². The van der Waals surface area contributed by atoms with Gasteiger partial charge in [-0.05, 0) is 24.6 Å². The van der Waals surface area contributed by atoms with Crippen LogP contribution in [0.5, 0.6) is 0 Å². The monoisotopic (exact) mass is 277 g/mol. The molecule has 0 saturated heterocycles. The number of hydrogen-bond donors (Lipinski definition) is 2. The van der Waals surface area contributed by atoms with Crippen LogP contribution < -0.4 is 0 Å². The molecule has 0 amide bonds. The van der Waals surface area contributed by atoms with E-state index in [1.165, 1.54) is 12.1 Å². The van der Waals surface area contributed by atoms with E-state index in [2.05, 4.69) is 4.98 Å². The fourth-order valence-electron chi connectivity index (χ4n) is 1.67. The average Bonchev–Trinajstić information content (AvgIpc) is 2.71. The molecule has 19 heavy (non-hydrogen) atoms. The molecule has 0 aliphatic carbocycles. The van der Waals surface area contributed by atoms with E-state index >= 15 is 0 Å². The van der Waals surface area contributed by atoms with Gasteiger partial charge in [-0.25, -0.2) is 14.6 Å². The first-order valence-electron chi connectivity index (χ1n) is 5.49. The summed E-state index contributed by atoms with van der Waals surface area (Å²) in [6, 6.07) is 6.47. The molecule has 0 aliphatic heterocycles. The Hall–Kier alpha value is -2.21. The van der Waals surface area contributed by atoms with Crippen LogP contribution in [0.3, 0.4) is 0 Å². The quantitative estimate of drug-likeness (QED) is 0.896. The van der Waals surface area contributed by atoms with Gasteiger partial charge in [0.1, 0.15) is 4.88 Å². The summed E-state index contributed by atoms with van der Waals surface area (Å²) >= 11 is 1.15. The molecule has 5 nitrogen and oxygen atoms in total. The number of rotatable bonds is 4. The number of aromatic nitrogens is 1. The number of carboxylic acids is 2. The van der Waals surface area contributed by atoms with E-state index in [1.54, 1.807) is 19.1 Å². The number of hydrogen-bond acceptors (Lipinski definition) is 4. The van der Waals surface area contributed by atoms with Crippen molar-refractivity contribution in [2.75, 3.05) is 0 Å². The number of thiazole rings is 1. The largest absolute Gasteiger partial charge is 0.478 e. The number of carbonyl (C=O) groups is 2. The summed E-state index contributed by atoms with van der Waals surface area (Å²) in [5.74, 6) is -1.94. The first-order valence-corrected chi connectivity index (χ1v) is 6.31. The van der Waals surface area contributed by atoms with Crippen molar-refractivity contribution in [1.29, 1.82) is 0 Å². The zero-order valence-corrected chi connectivity index (χ0v) is 10.9. The second-order valence-electron chi connectivity index (χ2n) is 4.01. The van der Waals surface area contributed by atoms with Gasteiger partial charge >= 0.3 is 11.9 Å². The van der Waals surface area contributed by atoms with Gasteiger partial charge in [0.2, 0.25) is 0 Å². The lowest BCUT2D eigenvalue weighted by atomic mass is 10.1. The number of aromatic carboxylic acids is 2. The molecule has 0 spiro atoms. The zero-order valence-electron chi connectivity index (χ0n) is 10.1. The van der Waals surface area contributed by atoms with Crippen LogP contribution in [0.1, 0.15) is 36.3 Å². The Morgan fingerprint density at radius 3 is 2.26 bits per heavy atom. The van der Waals surface area contributed by atoms with Crippen LogP contribution in [0, 0.1) is 6.92 Å². The fourth-order valence-corrected chi connectivity index (χ4v) is 2.60. The Kier molecular flexibility index (Phi) is 3.62. The van der Waals surface area contributed by atoms with Gasteiger partial charge in [-0.2, -0.15) is 0 Å². The number of benzene rings is 1. The van der Waals surface area contributed by atoms with Crippen molar-refractivity contribution < 1.29 is 19.8 Å². The van der Waals surface area contributed by atoms with Gasteiger partial charge in [0.15, 0.2) is 0 Å². The Morgan fingerprint density at radius 1 is 1.16 bits per heavy atom. The van der Waals surface area contributed by atoms with Gasteiger partial charge in [-0.1, -0.05) is 12.1 Å². The van der Waals surface area contributed by atoms with Gasteiger partial charge in [0, 0.05) is 6.42 Å². The maximum Gasteiger partial charge on any atom is 0.347 e. The van der Waals surface area contributed by atoms with Gasteiger partial charge in [-0.3, -0.25) is 0 Å². The smallest absolute Gasteiger partial charge is 0.347 e. The number of aryl methyl sites for hydroxylation is 1. The third-order valence-corrected chi connectivity index (χ3v) is 3.74. The second kappa shape index (κ2) is 5.19. The molecule has 0 aliphatic rings. The minimum absolute atomic E-state index is 0.227. The summed E-state index contributed by atoms with van der Waals surface area (Å²) in [6.45, 7) is 1.66. The molecule has 2 aromatic rings.